The van der Waals surface area contributed by atoms with E-state index in [0.29, 0.717) is 37.4 Å². The Kier molecular flexibility index (Phi) is 4.25. The van der Waals surface area contributed by atoms with Gasteiger partial charge in [-0.15, -0.1) is 10.2 Å². The highest BCUT2D eigenvalue weighted by molar-refractivity contribution is 7.15. The van der Waals surface area contributed by atoms with Crippen molar-refractivity contribution in [3.63, 3.8) is 0 Å². The zero-order chi connectivity index (χ0) is 14.8. The van der Waals surface area contributed by atoms with Crippen LogP contribution in [0.5, 0.6) is 0 Å². The van der Waals surface area contributed by atoms with Crippen molar-refractivity contribution in [2.45, 2.75) is 31.0 Å². The van der Waals surface area contributed by atoms with Gasteiger partial charge in [0.15, 0.2) is 0 Å². The van der Waals surface area contributed by atoms with Crippen LogP contribution in [-0.4, -0.2) is 41.0 Å². The van der Waals surface area contributed by atoms with Crippen LogP contribution in [0, 0.1) is 0 Å². The molecule has 0 unspecified atom stereocenters. The second kappa shape index (κ2) is 5.62. The highest BCUT2D eigenvalue weighted by Gasteiger charge is 2.36. The summed E-state index contributed by atoms with van der Waals surface area (Å²) in [6.45, 7) is 0.749. The van der Waals surface area contributed by atoms with E-state index in [2.05, 4.69) is 15.5 Å². The lowest BCUT2D eigenvalue weighted by atomic mass is 9.90. The summed E-state index contributed by atoms with van der Waals surface area (Å²) in [7, 11) is 0. The summed E-state index contributed by atoms with van der Waals surface area (Å²) in [5.41, 5.74) is 4.87. The van der Waals surface area contributed by atoms with E-state index in [1.165, 1.54) is 0 Å². The number of hydrogen-bond acceptors (Lipinski definition) is 6. The third-order valence-corrected chi connectivity index (χ3v) is 3.71. The molecule has 2 rings (SSSR count). The molecule has 1 saturated heterocycles. The van der Waals surface area contributed by atoms with E-state index in [-0.39, 0.29) is 10.1 Å². The van der Waals surface area contributed by atoms with Crippen molar-refractivity contribution < 1.29 is 22.7 Å². The van der Waals surface area contributed by atoms with Gasteiger partial charge in [0.25, 0.3) is 0 Å². The zero-order valence-corrected chi connectivity index (χ0v) is 11.2. The quantitative estimate of drug-likeness (QED) is 0.872. The van der Waals surface area contributed by atoms with Crippen LogP contribution in [0.25, 0.3) is 0 Å². The molecule has 0 spiro atoms. The minimum absolute atomic E-state index is 0.0190. The Morgan fingerprint density at radius 1 is 1.40 bits per heavy atom. The molecule has 1 fully saturated rings. The van der Waals surface area contributed by atoms with Crippen LogP contribution in [0.1, 0.15) is 17.8 Å². The molecule has 0 bridgehead atoms. The lowest BCUT2D eigenvalue weighted by molar-refractivity contribution is -0.127. The van der Waals surface area contributed by atoms with Crippen molar-refractivity contribution >= 4 is 22.4 Å². The number of amides is 1. The number of ether oxygens (including phenoxy) is 1. The summed E-state index contributed by atoms with van der Waals surface area (Å²) in [5, 5.41) is 9.14. The smallest absolute Gasteiger partial charge is 0.381 e. The first-order chi connectivity index (χ1) is 9.28. The average molecular weight is 310 g/mol. The summed E-state index contributed by atoms with van der Waals surface area (Å²) in [4.78, 5) is 12.0. The molecule has 1 aromatic rings. The molecule has 112 valence electrons. The number of nitrogens with two attached hydrogens (primary N) is 1. The summed E-state index contributed by atoms with van der Waals surface area (Å²) in [6, 6.07) is 0. The zero-order valence-electron chi connectivity index (χ0n) is 10.4. The molecule has 3 N–H and O–H groups in total. The number of aromatic nitrogens is 2. The number of alkyl halides is 3. The Morgan fingerprint density at radius 2 is 2.05 bits per heavy atom. The molecular weight excluding hydrogens is 297 g/mol. The summed E-state index contributed by atoms with van der Waals surface area (Å²) >= 11 is 0.690. The highest BCUT2D eigenvalue weighted by atomic mass is 32.1. The number of halogens is 3. The minimum atomic E-state index is -4.35. The number of rotatable bonds is 3. The van der Waals surface area contributed by atoms with E-state index in [1.54, 1.807) is 0 Å². The van der Waals surface area contributed by atoms with Crippen LogP contribution in [0.15, 0.2) is 0 Å². The number of hydrogen-bond donors (Lipinski definition) is 2. The van der Waals surface area contributed by atoms with E-state index in [9.17, 15) is 18.0 Å². The molecule has 0 atom stereocenters. The van der Waals surface area contributed by atoms with Crippen molar-refractivity contribution in [3.8, 4) is 0 Å². The molecule has 20 heavy (non-hydrogen) atoms. The Bertz CT molecular complexity index is 485. The van der Waals surface area contributed by atoms with Gasteiger partial charge < -0.3 is 10.5 Å². The van der Waals surface area contributed by atoms with Gasteiger partial charge in [-0.3, -0.25) is 10.1 Å². The maximum Gasteiger partial charge on any atom is 0.395 e. The Labute approximate surface area is 116 Å². The number of carbonyl (C=O) groups excluding carboxylic acids is 1. The second-order valence-corrected chi connectivity index (χ2v) is 5.58. The Morgan fingerprint density at radius 3 is 2.65 bits per heavy atom. The van der Waals surface area contributed by atoms with Crippen molar-refractivity contribution in [2.75, 3.05) is 18.5 Å². The van der Waals surface area contributed by atoms with E-state index in [4.69, 9.17) is 10.5 Å². The lowest BCUT2D eigenvalue weighted by Gasteiger charge is -2.31. The second-order valence-electron chi connectivity index (χ2n) is 4.52. The first-order valence-electron chi connectivity index (χ1n) is 5.86. The van der Waals surface area contributed by atoms with Gasteiger partial charge in [-0.1, -0.05) is 11.3 Å². The minimum Gasteiger partial charge on any atom is -0.381 e. The molecule has 1 amide bonds. The van der Waals surface area contributed by atoms with Crippen LogP contribution in [0.2, 0.25) is 0 Å². The molecule has 0 aliphatic carbocycles. The molecule has 1 aliphatic rings. The summed E-state index contributed by atoms with van der Waals surface area (Å²) in [6.07, 6.45) is -4.81. The van der Waals surface area contributed by atoms with E-state index < -0.39 is 24.0 Å². The van der Waals surface area contributed by atoms with E-state index in [0.717, 1.165) is 0 Å². The lowest BCUT2D eigenvalue weighted by Crippen LogP contribution is -2.54. The fraction of sp³-hybridized carbons (Fsp3) is 0.700. The first kappa shape index (κ1) is 15.1. The fourth-order valence-corrected chi connectivity index (χ4v) is 2.50. The standard InChI is InChI=1S/C10H13F3N4O2S/c11-10(12,13)5-6-16-17-8(20-6)15-7(18)9(14)1-3-19-4-2-9/h1-5,14H2,(H,15,17,18). The molecule has 0 aromatic carbocycles. The number of nitrogens with one attached hydrogen (secondary N) is 1. The monoisotopic (exact) mass is 310 g/mol. The maximum atomic E-state index is 12.2. The van der Waals surface area contributed by atoms with Crippen molar-refractivity contribution in [1.82, 2.24) is 10.2 Å². The van der Waals surface area contributed by atoms with Gasteiger partial charge in [0, 0.05) is 13.2 Å². The summed E-state index contributed by atoms with van der Waals surface area (Å²) in [5.74, 6) is -0.476. The van der Waals surface area contributed by atoms with Gasteiger partial charge in [-0.05, 0) is 12.8 Å². The SMILES string of the molecule is NC1(C(=O)Nc2nnc(CC(F)(F)F)s2)CCOCC1. The number of carbonyl (C=O) groups is 1. The van der Waals surface area contributed by atoms with Gasteiger partial charge in [0.1, 0.15) is 10.5 Å². The fourth-order valence-electron chi connectivity index (χ4n) is 1.73. The van der Waals surface area contributed by atoms with Gasteiger partial charge in [-0.2, -0.15) is 13.2 Å². The molecular formula is C10H13F3N4O2S. The third-order valence-electron chi connectivity index (χ3n) is 2.88. The molecule has 0 saturated carbocycles. The van der Waals surface area contributed by atoms with Gasteiger partial charge in [-0.25, -0.2) is 0 Å². The topological polar surface area (TPSA) is 90.1 Å². The van der Waals surface area contributed by atoms with Crippen molar-refractivity contribution in [2.24, 2.45) is 5.73 Å². The van der Waals surface area contributed by atoms with Crippen LogP contribution in [0.3, 0.4) is 0 Å². The largest absolute Gasteiger partial charge is 0.395 e. The average Bonchev–Trinajstić information content (AvgIpc) is 2.75. The van der Waals surface area contributed by atoms with Crippen LogP contribution in [-0.2, 0) is 16.0 Å². The van der Waals surface area contributed by atoms with E-state index in [1.807, 2.05) is 0 Å². The number of anilines is 1. The predicted molar refractivity (Wildman–Crippen MR) is 65.3 cm³/mol. The Balaban J connectivity index is 1.98. The normalized spacial score (nSPS) is 18.8. The molecule has 2 heterocycles. The molecule has 0 radical (unpaired) electrons. The van der Waals surface area contributed by atoms with Crippen molar-refractivity contribution in [3.05, 3.63) is 5.01 Å². The molecule has 6 nitrogen and oxygen atoms in total. The first-order valence-corrected chi connectivity index (χ1v) is 6.67. The molecule has 10 heteroatoms. The van der Waals surface area contributed by atoms with Gasteiger partial charge in [0.2, 0.25) is 11.0 Å². The van der Waals surface area contributed by atoms with Crippen LogP contribution in [0.4, 0.5) is 18.3 Å². The Hall–Kier alpha value is -1.26. The van der Waals surface area contributed by atoms with Gasteiger partial charge >= 0.3 is 6.18 Å². The van der Waals surface area contributed by atoms with Gasteiger partial charge in [0.05, 0.1) is 6.42 Å². The third kappa shape index (κ3) is 3.87. The number of nitrogens with zero attached hydrogens (tertiary/aromatic N) is 2. The predicted octanol–water partition coefficient (Wildman–Crippen LogP) is 1.09. The molecule has 1 aliphatic heterocycles. The van der Waals surface area contributed by atoms with E-state index >= 15 is 0 Å². The van der Waals surface area contributed by atoms with Crippen molar-refractivity contribution in [1.29, 1.82) is 0 Å². The maximum absolute atomic E-state index is 12.2. The summed E-state index contributed by atoms with van der Waals surface area (Å²) < 4.78 is 41.7. The molecule has 1 aromatic heterocycles. The highest BCUT2D eigenvalue weighted by Crippen LogP contribution is 2.26. The van der Waals surface area contributed by atoms with Crippen LogP contribution >= 0.6 is 11.3 Å². The van der Waals surface area contributed by atoms with Crippen LogP contribution < -0.4 is 11.1 Å².